The summed E-state index contributed by atoms with van der Waals surface area (Å²) in [4.78, 5) is 10.6. The lowest BCUT2D eigenvalue weighted by molar-refractivity contribution is -0.138. The number of alkyl halides is 1. The normalized spacial score (nSPS) is 13.6. The highest BCUT2D eigenvalue weighted by molar-refractivity contribution is 6.30. The van der Waals surface area contributed by atoms with Crippen LogP contribution >= 0.6 is 11.6 Å². The van der Waals surface area contributed by atoms with E-state index in [-0.39, 0.29) is 0 Å². The first-order chi connectivity index (χ1) is 5.77. The molecule has 0 rings (SSSR count). The van der Waals surface area contributed by atoms with Crippen molar-refractivity contribution in [1.82, 2.24) is 0 Å². The van der Waals surface area contributed by atoms with E-state index in [2.05, 4.69) is 0 Å². The molecule has 0 radical (unpaired) electrons. The number of rotatable bonds is 4. The minimum absolute atomic E-state index is 0.398. The third-order valence-corrected chi connectivity index (χ3v) is 2.72. The standard InChI is InChI=1S/C10H17ClO2/c1-7(2)5-6-10(3,4)8(11)9(12)13/h5,8H,6H2,1-4H3,(H,12,13). The van der Waals surface area contributed by atoms with Gasteiger partial charge in [0.05, 0.1) is 0 Å². The third kappa shape index (κ3) is 4.32. The molecular formula is C10H17ClO2. The van der Waals surface area contributed by atoms with E-state index in [1.165, 1.54) is 5.57 Å². The van der Waals surface area contributed by atoms with Crippen molar-refractivity contribution >= 4 is 17.6 Å². The van der Waals surface area contributed by atoms with Crippen molar-refractivity contribution in [2.24, 2.45) is 5.41 Å². The topological polar surface area (TPSA) is 37.3 Å². The fourth-order valence-corrected chi connectivity index (χ4v) is 0.994. The zero-order valence-corrected chi connectivity index (χ0v) is 9.35. The molecule has 1 atom stereocenters. The summed E-state index contributed by atoms with van der Waals surface area (Å²) in [7, 11) is 0. The highest BCUT2D eigenvalue weighted by Gasteiger charge is 2.32. The zero-order valence-electron chi connectivity index (χ0n) is 8.60. The van der Waals surface area contributed by atoms with Crippen LogP contribution in [0.2, 0.25) is 0 Å². The molecule has 0 aliphatic heterocycles. The van der Waals surface area contributed by atoms with Crippen LogP contribution in [0.1, 0.15) is 34.1 Å². The molecule has 0 aromatic rings. The van der Waals surface area contributed by atoms with Crippen molar-refractivity contribution in [2.75, 3.05) is 0 Å². The van der Waals surface area contributed by atoms with Gasteiger partial charge in [0.15, 0.2) is 0 Å². The molecule has 2 nitrogen and oxygen atoms in total. The van der Waals surface area contributed by atoms with Gasteiger partial charge in [-0.1, -0.05) is 25.5 Å². The molecule has 0 aromatic carbocycles. The van der Waals surface area contributed by atoms with Crippen LogP contribution < -0.4 is 0 Å². The van der Waals surface area contributed by atoms with Gasteiger partial charge in [-0.05, 0) is 25.7 Å². The van der Waals surface area contributed by atoms with Crippen molar-refractivity contribution < 1.29 is 9.90 Å². The van der Waals surface area contributed by atoms with E-state index in [0.717, 1.165) is 0 Å². The van der Waals surface area contributed by atoms with Crippen LogP contribution in [0.3, 0.4) is 0 Å². The minimum Gasteiger partial charge on any atom is -0.480 e. The zero-order chi connectivity index (χ0) is 10.6. The van der Waals surface area contributed by atoms with Crippen LogP contribution in [-0.2, 0) is 4.79 Å². The Morgan fingerprint density at radius 3 is 2.31 bits per heavy atom. The average molecular weight is 205 g/mol. The lowest BCUT2D eigenvalue weighted by Crippen LogP contribution is -2.31. The summed E-state index contributed by atoms with van der Waals surface area (Å²) >= 11 is 5.76. The Balaban J connectivity index is 4.39. The highest BCUT2D eigenvalue weighted by Crippen LogP contribution is 2.30. The van der Waals surface area contributed by atoms with Gasteiger partial charge in [0.1, 0.15) is 5.38 Å². The van der Waals surface area contributed by atoms with Gasteiger partial charge in [0, 0.05) is 0 Å². The summed E-state index contributed by atoms with van der Waals surface area (Å²) in [5, 5.41) is 7.90. The molecule has 0 heterocycles. The first kappa shape index (κ1) is 12.5. The molecule has 0 aliphatic rings. The number of carbonyl (C=O) groups is 1. The van der Waals surface area contributed by atoms with Crippen molar-refractivity contribution in [1.29, 1.82) is 0 Å². The number of hydrogen-bond donors (Lipinski definition) is 1. The average Bonchev–Trinajstić information content (AvgIpc) is 1.99. The molecule has 1 N–H and O–H groups in total. The molecule has 0 aromatic heterocycles. The molecule has 13 heavy (non-hydrogen) atoms. The van der Waals surface area contributed by atoms with E-state index in [0.29, 0.717) is 6.42 Å². The maximum Gasteiger partial charge on any atom is 0.322 e. The lowest BCUT2D eigenvalue weighted by Gasteiger charge is -2.25. The van der Waals surface area contributed by atoms with Crippen molar-refractivity contribution in [3.8, 4) is 0 Å². The van der Waals surface area contributed by atoms with Crippen LogP contribution in [0.15, 0.2) is 11.6 Å². The monoisotopic (exact) mass is 204 g/mol. The van der Waals surface area contributed by atoms with Crippen LogP contribution in [0.25, 0.3) is 0 Å². The van der Waals surface area contributed by atoms with Gasteiger partial charge in [0.25, 0.3) is 0 Å². The quantitative estimate of drug-likeness (QED) is 0.565. The summed E-state index contributed by atoms with van der Waals surface area (Å²) in [5.74, 6) is -0.950. The van der Waals surface area contributed by atoms with E-state index in [4.69, 9.17) is 16.7 Å². The van der Waals surface area contributed by atoms with Gasteiger partial charge in [-0.2, -0.15) is 0 Å². The second-order valence-corrected chi connectivity index (χ2v) is 4.61. The molecule has 0 saturated carbocycles. The number of aliphatic carboxylic acids is 1. The predicted octanol–water partition coefficient (Wildman–Crippen LogP) is 3.06. The van der Waals surface area contributed by atoms with Crippen LogP contribution in [-0.4, -0.2) is 16.5 Å². The highest BCUT2D eigenvalue weighted by atomic mass is 35.5. The summed E-state index contributed by atoms with van der Waals surface area (Å²) in [6.07, 6.45) is 2.70. The maximum atomic E-state index is 10.6. The van der Waals surface area contributed by atoms with Gasteiger partial charge >= 0.3 is 5.97 Å². The SMILES string of the molecule is CC(C)=CCC(C)(C)C(Cl)C(=O)O. The second kappa shape index (κ2) is 4.66. The molecule has 0 amide bonds. The smallest absolute Gasteiger partial charge is 0.322 e. The number of allylic oxidation sites excluding steroid dienone is 2. The van der Waals surface area contributed by atoms with E-state index in [1.807, 2.05) is 33.8 Å². The van der Waals surface area contributed by atoms with Crippen molar-refractivity contribution in [3.63, 3.8) is 0 Å². The molecule has 0 spiro atoms. The van der Waals surface area contributed by atoms with E-state index in [9.17, 15) is 4.79 Å². The van der Waals surface area contributed by atoms with Crippen molar-refractivity contribution in [2.45, 2.75) is 39.5 Å². The molecule has 0 fully saturated rings. The van der Waals surface area contributed by atoms with E-state index >= 15 is 0 Å². The Morgan fingerprint density at radius 2 is 2.00 bits per heavy atom. The van der Waals surface area contributed by atoms with E-state index in [1.54, 1.807) is 0 Å². The fourth-order valence-electron chi connectivity index (χ4n) is 0.905. The maximum absolute atomic E-state index is 10.6. The third-order valence-electron chi connectivity index (χ3n) is 1.94. The summed E-state index contributed by atoms with van der Waals surface area (Å²) < 4.78 is 0. The fraction of sp³-hybridized carbons (Fsp3) is 0.700. The number of hydrogen-bond acceptors (Lipinski definition) is 1. The van der Waals surface area contributed by atoms with Crippen LogP contribution in [0.4, 0.5) is 0 Å². The Kier molecular flexibility index (Phi) is 4.48. The Labute approximate surface area is 84.6 Å². The van der Waals surface area contributed by atoms with Crippen LogP contribution in [0, 0.1) is 5.41 Å². The Bertz CT molecular complexity index is 215. The molecule has 1 unspecified atom stereocenters. The first-order valence-electron chi connectivity index (χ1n) is 4.27. The van der Waals surface area contributed by atoms with Gasteiger partial charge in [-0.25, -0.2) is 0 Å². The second-order valence-electron chi connectivity index (χ2n) is 4.17. The van der Waals surface area contributed by atoms with Gasteiger partial charge in [-0.3, -0.25) is 4.79 Å². The molecule has 0 saturated heterocycles. The predicted molar refractivity (Wildman–Crippen MR) is 55.1 cm³/mol. The lowest BCUT2D eigenvalue weighted by atomic mass is 9.84. The Morgan fingerprint density at radius 1 is 1.54 bits per heavy atom. The minimum atomic E-state index is -0.950. The summed E-state index contributed by atoms with van der Waals surface area (Å²) in [6.45, 7) is 7.69. The number of halogens is 1. The van der Waals surface area contributed by atoms with Gasteiger partial charge in [-0.15, -0.1) is 11.6 Å². The number of carboxylic acids is 1. The molecule has 0 bridgehead atoms. The number of carboxylic acid groups (broad SMARTS) is 1. The molecule has 3 heteroatoms. The first-order valence-corrected chi connectivity index (χ1v) is 4.71. The van der Waals surface area contributed by atoms with Gasteiger partial charge < -0.3 is 5.11 Å². The van der Waals surface area contributed by atoms with Crippen LogP contribution in [0.5, 0.6) is 0 Å². The summed E-state index contributed by atoms with van der Waals surface area (Å²) in [5.41, 5.74) is 0.785. The molecular weight excluding hydrogens is 188 g/mol. The molecule has 76 valence electrons. The van der Waals surface area contributed by atoms with Gasteiger partial charge in [0.2, 0.25) is 0 Å². The van der Waals surface area contributed by atoms with E-state index < -0.39 is 16.8 Å². The van der Waals surface area contributed by atoms with Crippen molar-refractivity contribution in [3.05, 3.63) is 11.6 Å². The Hall–Kier alpha value is -0.500. The largest absolute Gasteiger partial charge is 0.480 e. The molecule has 0 aliphatic carbocycles. The summed E-state index contributed by atoms with van der Waals surface area (Å²) in [6, 6.07) is 0.